The number of halogens is 2. The van der Waals surface area contributed by atoms with Crippen LogP contribution >= 0.6 is 15.9 Å². The van der Waals surface area contributed by atoms with Gasteiger partial charge in [-0.2, -0.15) is 0 Å². The van der Waals surface area contributed by atoms with Gasteiger partial charge >= 0.3 is 5.97 Å². The third-order valence-corrected chi connectivity index (χ3v) is 5.22. The van der Waals surface area contributed by atoms with E-state index in [1.54, 1.807) is 6.07 Å². The Bertz CT molecular complexity index is 634. The number of ether oxygens (including phenoxy) is 1. The molecule has 4 fully saturated rings. The van der Waals surface area contributed by atoms with Gasteiger partial charge in [-0.05, 0) is 12.1 Å². The summed E-state index contributed by atoms with van der Waals surface area (Å²) >= 11 is 3.26. The fourth-order valence-electron chi connectivity index (χ4n) is 4.20. The number of nitrogens with zero attached hydrogens (tertiary/aromatic N) is 4. The Morgan fingerprint density at radius 1 is 1.22 bits per heavy atom. The van der Waals surface area contributed by atoms with E-state index in [0.29, 0.717) is 22.1 Å². The molecule has 0 spiro atoms. The van der Waals surface area contributed by atoms with Crippen molar-refractivity contribution in [1.29, 1.82) is 0 Å². The molecule has 1 aromatic carbocycles. The van der Waals surface area contributed by atoms with Gasteiger partial charge in [0.15, 0.2) is 0 Å². The minimum Gasteiger partial charge on any atom is -0.465 e. The number of hydrogen-bond donors (Lipinski definition) is 0. The molecular weight excluding hydrogens is 367 g/mol. The van der Waals surface area contributed by atoms with Gasteiger partial charge in [-0.1, -0.05) is 15.9 Å². The van der Waals surface area contributed by atoms with Crippen LogP contribution in [0.3, 0.4) is 0 Å². The van der Waals surface area contributed by atoms with Gasteiger partial charge in [-0.25, -0.2) is 23.9 Å². The summed E-state index contributed by atoms with van der Waals surface area (Å²) in [5, 5.41) is 0. The summed E-state index contributed by atoms with van der Waals surface area (Å²) < 4.78 is 20.7. The van der Waals surface area contributed by atoms with E-state index < -0.39 is 5.97 Å². The number of carbonyl (C=O) groups excluding carboxylic acids is 1. The van der Waals surface area contributed by atoms with E-state index in [1.165, 1.54) is 13.2 Å². The Morgan fingerprint density at radius 2 is 1.78 bits per heavy atom. The molecule has 4 aliphatic heterocycles. The monoisotopic (exact) mass is 385 g/mol. The molecule has 124 valence electrons. The Morgan fingerprint density at radius 3 is 2.30 bits per heavy atom. The Balaban J connectivity index is 1.70. The fourth-order valence-corrected chi connectivity index (χ4v) is 4.63. The van der Waals surface area contributed by atoms with Gasteiger partial charge < -0.3 is 4.74 Å². The molecule has 0 atom stereocenters. The molecule has 6 nitrogen and oxygen atoms in total. The lowest BCUT2D eigenvalue weighted by molar-refractivity contribution is -0.991. The van der Waals surface area contributed by atoms with Crippen LogP contribution in [0, 0.1) is 5.82 Å². The molecule has 8 heteroatoms. The highest BCUT2D eigenvalue weighted by molar-refractivity contribution is 9.10. The van der Waals surface area contributed by atoms with Crippen LogP contribution in [0.2, 0.25) is 0 Å². The molecule has 4 saturated heterocycles. The summed E-state index contributed by atoms with van der Waals surface area (Å²) in [5.74, 6) is -0.844. The summed E-state index contributed by atoms with van der Waals surface area (Å²) in [5.41, 5.74) is 0.763. The number of methoxy groups -OCH3 is 1. The lowest BCUT2D eigenvalue weighted by Gasteiger charge is -2.60. The van der Waals surface area contributed by atoms with Crippen LogP contribution < -0.4 is 0 Å². The maximum absolute atomic E-state index is 14.6. The van der Waals surface area contributed by atoms with Crippen molar-refractivity contribution in [3.63, 3.8) is 0 Å². The summed E-state index contributed by atoms with van der Waals surface area (Å²) in [6.07, 6.45) is 0. The van der Waals surface area contributed by atoms with E-state index in [2.05, 4.69) is 30.6 Å². The molecule has 4 aliphatic rings. The molecule has 0 aromatic heterocycles. The second kappa shape index (κ2) is 5.49. The molecule has 1 aromatic rings. The second-order valence-corrected chi connectivity index (χ2v) is 7.68. The fraction of sp³-hybridized carbons (Fsp3) is 0.533. The third-order valence-electron chi connectivity index (χ3n) is 4.76. The van der Waals surface area contributed by atoms with E-state index in [0.717, 1.165) is 44.5 Å². The summed E-state index contributed by atoms with van der Waals surface area (Å²) in [4.78, 5) is 19.2. The molecule has 0 amide bonds. The van der Waals surface area contributed by atoms with E-state index in [1.807, 2.05) is 0 Å². The molecule has 0 N–H and O–H groups in total. The largest absolute Gasteiger partial charge is 0.465 e. The van der Waals surface area contributed by atoms with Crippen LogP contribution in [-0.4, -0.2) is 72.3 Å². The van der Waals surface area contributed by atoms with Crippen LogP contribution in [0.4, 0.5) is 4.39 Å². The lowest BCUT2D eigenvalue weighted by Crippen LogP contribution is -2.78. The minimum atomic E-state index is -0.491. The highest BCUT2D eigenvalue weighted by atomic mass is 79.9. The summed E-state index contributed by atoms with van der Waals surface area (Å²) in [6.45, 7) is 6.10. The minimum absolute atomic E-state index is 0.313. The van der Waals surface area contributed by atoms with Crippen LogP contribution in [0.15, 0.2) is 16.6 Å². The van der Waals surface area contributed by atoms with Gasteiger partial charge in [0.1, 0.15) is 32.4 Å². The van der Waals surface area contributed by atoms with Gasteiger partial charge in [-0.3, -0.25) is 4.48 Å². The first-order valence-corrected chi connectivity index (χ1v) is 8.36. The van der Waals surface area contributed by atoms with Gasteiger partial charge in [0.25, 0.3) is 0 Å². The van der Waals surface area contributed by atoms with Gasteiger partial charge in [0, 0.05) is 4.47 Å². The van der Waals surface area contributed by atoms with Crippen LogP contribution in [0.1, 0.15) is 15.9 Å². The topological polar surface area (TPSA) is 36.0 Å². The van der Waals surface area contributed by atoms with Crippen molar-refractivity contribution in [2.24, 2.45) is 0 Å². The first-order chi connectivity index (χ1) is 11.0. The average molecular weight is 386 g/mol. The molecule has 0 radical (unpaired) electrons. The van der Waals surface area contributed by atoms with Gasteiger partial charge in [0.2, 0.25) is 0 Å². The molecule has 5 rings (SSSR count). The van der Waals surface area contributed by atoms with E-state index in [4.69, 9.17) is 4.74 Å². The van der Waals surface area contributed by atoms with Crippen molar-refractivity contribution in [1.82, 2.24) is 14.7 Å². The first kappa shape index (κ1) is 15.5. The van der Waals surface area contributed by atoms with E-state index >= 15 is 0 Å². The predicted molar refractivity (Wildman–Crippen MR) is 84.1 cm³/mol. The first-order valence-electron chi connectivity index (χ1n) is 7.56. The van der Waals surface area contributed by atoms with Crippen molar-refractivity contribution in [2.75, 3.05) is 47.1 Å². The molecule has 23 heavy (non-hydrogen) atoms. The molecule has 4 heterocycles. The zero-order valence-corrected chi connectivity index (χ0v) is 14.6. The Labute approximate surface area is 142 Å². The summed E-state index contributed by atoms with van der Waals surface area (Å²) in [7, 11) is 1.33. The van der Waals surface area contributed by atoms with Gasteiger partial charge in [-0.15, -0.1) is 0 Å². The van der Waals surface area contributed by atoms with Gasteiger partial charge in [0.05, 0.1) is 38.2 Å². The highest BCUT2D eigenvalue weighted by Gasteiger charge is 2.49. The third kappa shape index (κ3) is 2.68. The Hall–Kier alpha value is -1.06. The number of quaternary nitrogens is 1. The molecule has 0 aliphatic carbocycles. The van der Waals surface area contributed by atoms with E-state index in [9.17, 15) is 9.18 Å². The lowest BCUT2D eigenvalue weighted by atomic mass is 10.0. The van der Waals surface area contributed by atoms with Crippen molar-refractivity contribution >= 4 is 21.9 Å². The highest BCUT2D eigenvalue weighted by Crippen LogP contribution is 2.33. The van der Waals surface area contributed by atoms with Crippen molar-refractivity contribution in [3.8, 4) is 0 Å². The number of hydrogen-bond acceptors (Lipinski definition) is 5. The Kier molecular flexibility index (Phi) is 3.69. The van der Waals surface area contributed by atoms with Crippen LogP contribution in [0.25, 0.3) is 0 Å². The number of carbonyl (C=O) groups is 1. The predicted octanol–water partition coefficient (Wildman–Crippen LogP) is 1.38. The average Bonchev–Trinajstić information content (AvgIpc) is 2.47. The molecule has 0 unspecified atom stereocenters. The standard InChI is InChI=1S/C15H19BrFN4O2/c1-23-15(22)12-2-11(16)3-14(17)13(12)4-21-8-18-5-19(9-21)7-20(6-18)10-21/h2-3H,4-10H2,1H3/q+1. The molecule has 4 bridgehead atoms. The SMILES string of the molecule is COC(=O)c1cc(Br)cc(F)c1C[N+]12CN3CN(CN(C3)C1)C2. The smallest absolute Gasteiger partial charge is 0.338 e. The normalized spacial score (nSPS) is 34.7. The number of benzene rings is 1. The van der Waals surface area contributed by atoms with Crippen molar-refractivity contribution < 1.29 is 18.4 Å². The number of rotatable bonds is 3. The zero-order chi connectivity index (χ0) is 16.2. The van der Waals surface area contributed by atoms with Crippen LogP contribution in [-0.2, 0) is 11.3 Å². The number of esters is 1. The maximum atomic E-state index is 14.6. The van der Waals surface area contributed by atoms with Crippen LogP contribution in [0.5, 0.6) is 0 Å². The molecule has 0 saturated carbocycles. The zero-order valence-electron chi connectivity index (χ0n) is 13.0. The van der Waals surface area contributed by atoms with Crippen molar-refractivity contribution in [3.05, 3.63) is 33.5 Å². The molecular formula is C15H19BrFN4O2+. The summed E-state index contributed by atoms with van der Waals surface area (Å²) in [6, 6.07) is 3.07. The van der Waals surface area contributed by atoms with E-state index in [-0.39, 0.29) is 5.82 Å². The quantitative estimate of drug-likeness (QED) is 0.580. The second-order valence-electron chi connectivity index (χ2n) is 6.77. The van der Waals surface area contributed by atoms with Crippen molar-refractivity contribution in [2.45, 2.75) is 6.54 Å². The maximum Gasteiger partial charge on any atom is 0.338 e.